The molecule has 0 atom stereocenters. The number of ether oxygens (including phenoxy) is 2. The zero-order valence-corrected chi connectivity index (χ0v) is 19.6. The van der Waals surface area contributed by atoms with E-state index in [2.05, 4.69) is 54.6 Å². The first kappa shape index (κ1) is 21.1. The van der Waals surface area contributed by atoms with Gasteiger partial charge in [-0.15, -0.1) is 0 Å². The van der Waals surface area contributed by atoms with Gasteiger partial charge in [0.05, 0.1) is 36.7 Å². The van der Waals surface area contributed by atoms with Crippen molar-refractivity contribution in [2.24, 2.45) is 0 Å². The van der Waals surface area contributed by atoms with Gasteiger partial charge in [0.1, 0.15) is 11.5 Å². The largest absolute Gasteiger partial charge is 0.497 e. The Balaban J connectivity index is 1.67. The Hall–Kier alpha value is -4.44. The van der Waals surface area contributed by atoms with Crippen molar-refractivity contribution in [1.82, 2.24) is 9.97 Å². The van der Waals surface area contributed by atoms with Crippen molar-refractivity contribution in [2.75, 3.05) is 14.2 Å². The first-order valence-electron chi connectivity index (χ1n) is 11.6. The summed E-state index contributed by atoms with van der Waals surface area (Å²) in [6.45, 7) is 0. The Morgan fingerprint density at radius 1 is 0.571 bits per heavy atom. The molecule has 2 heterocycles. The summed E-state index contributed by atoms with van der Waals surface area (Å²) in [7, 11) is 3.38. The molecule has 1 aliphatic carbocycles. The zero-order valence-electron chi connectivity index (χ0n) is 19.6. The predicted molar refractivity (Wildman–Crippen MR) is 138 cm³/mol. The van der Waals surface area contributed by atoms with Crippen LogP contribution in [0.4, 0.5) is 0 Å². The normalized spacial score (nSPS) is 13.1. The standard InChI is InChI=1S/C31H24N2O2/c1-34-24-14-10-22(11-15-24)31(23-12-16-25(35-2)17-13-23)26-9-6-20-32-29(26)30-27(31)18-19-28(33-30)21-7-4-3-5-8-21/h3-20H,1-2H3. The number of hydrogen-bond donors (Lipinski definition) is 0. The summed E-state index contributed by atoms with van der Waals surface area (Å²) in [5, 5.41) is 0. The van der Waals surface area contributed by atoms with Gasteiger partial charge in [0, 0.05) is 11.8 Å². The highest BCUT2D eigenvalue weighted by atomic mass is 16.5. The van der Waals surface area contributed by atoms with Gasteiger partial charge >= 0.3 is 0 Å². The molecule has 35 heavy (non-hydrogen) atoms. The van der Waals surface area contributed by atoms with Crippen LogP contribution < -0.4 is 9.47 Å². The number of fused-ring (bicyclic) bond motifs is 3. The van der Waals surface area contributed by atoms with Gasteiger partial charge in [0.25, 0.3) is 0 Å². The molecule has 4 nitrogen and oxygen atoms in total. The third-order valence-corrected chi connectivity index (χ3v) is 6.85. The highest BCUT2D eigenvalue weighted by Gasteiger charge is 2.47. The Morgan fingerprint density at radius 2 is 1.17 bits per heavy atom. The van der Waals surface area contributed by atoms with Gasteiger partial charge in [-0.1, -0.05) is 66.7 Å². The van der Waals surface area contributed by atoms with Gasteiger partial charge in [0.2, 0.25) is 0 Å². The van der Waals surface area contributed by atoms with E-state index in [0.29, 0.717) is 0 Å². The minimum Gasteiger partial charge on any atom is -0.497 e. The van der Waals surface area contributed by atoms with Crippen LogP contribution in [0.5, 0.6) is 11.5 Å². The van der Waals surface area contributed by atoms with E-state index < -0.39 is 5.41 Å². The Bertz CT molecular complexity index is 1450. The van der Waals surface area contributed by atoms with Gasteiger partial charge < -0.3 is 9.47 Å². The molecule has 2 aromatic heterocycles. The third kappa shape index (κ3) is 3.22. The minimum absolute atomic E-state index is 0.570. The molecular weight excluding hydrogens is 432 g/mol. The lowest BCUT2D eigenvalue weighted by molar-refractivity contribution is 0.414. The lowest BCUT2D eigenvalue weighted by atomic mass is 9.68. The number of hydrogen-bond acceptors (Lipinski definition) is 4. The fourth-order valence-corrected chi connectivity index (χ4v) is 5.22. The first-order valence-corrected chi connectivity index (χ1v) is 11.6. The molecule has 0 fully saturated rings. The molecule has 0 unspecified atom stereocenters. The van der Waals surface area contributed by atoms with Crippen LogP contribution in [0, 0.1) is 0 Å². The molecule has 5 aromatic rings. The van der Waals surface area contributed by atoms with Crippen LogP contribution in [-0.4, -0.2) is 24.2 Å². The summed E-state index contributed by atoms with van der Waals surface area (Å²) in [5.41, 5.74) is 7.75. The van der Waals surface area contributed by atoms with Gasteiger partial charge in [-0.3, -0.25) is 4.98 Å². The van der Waals surface area contributed by atoms with E-state index in [4.69, 9.17) is 19.4 Å². The summed E-state index contributed by atoms with van der Waals surface area (Å²) in [6, 6.07) is 35.4. The van der Waals surface area contributed by atoms with E-state index in [1.165, 1.54) is 0 Å². The molecule has 3 aromatic carbocycles. The summed E-state index contributed by atoms with van der Waals surface area (Å²) in [6.07, 6.45) is 1.84. The fraction of sp³-hybridized carbons (Fsp3) is 0.0968. The van der Waals surface area contributed by atoms with E-state index in [9.17, 15) is 0 Å². The molecule has 4 heteroatoms. The van der Waals surface area contributed by atoms with Gasteiger partial charge in [-0.05, 0) is 58.7 Å². The van der Waals surface area contributed by atoms with Gasteiger partial charge in [-0.25, -0.2) is 4.98 Å². The van der Waals surface area contributed by atoms with E-state index in [1.54, 1.807) is 14.2 Å². The Kier molecular flexibility index (Phi) is 5.07. The highest BCUT2D eigenvalue weighted by molar-refractivity contribution is 5.83. The molecule has 0 spiro atoms. The molecule has 0 N–H and O–H groups in total. The van der Waals surface area contributed by atoms with E-state index in [-0.39, 0.29) is 0 Å². The zero-order chi connectivity index (χ0) is 23.8. The van der Waals surface area contributed by atoms with Crippen molar-refractivity contribution in [3.8, 4) is 34.1 Å². The number of benzene rings is 3. The van der Waals surface area contributed by atoms with Crippen molar-refractivity contribution in [1.29, 1.82) is 0 Å². The quantitative estimate of drug-likeness (QED) is 0.296. The average molecular weight is 457 g/mol. The first-order chi connectivity index (χ1) is 17.3. The van der Waals surface area contributed by atoms with E-state index in [0.717, 1.165) is 56.4 Å². The van der Waals surface area contributed by atoms with Crippen LogP contribution in [0.3, 0.4) is 0 Å². The van der Waals surface area contributed by atoms with Crippen LogP contribution in [0.25, 0.3) is 22.6 Å². The SMILES string of the molecule is COc1ccc(C2(c3ccc(OC)cc3)c3cccnc3-c3nc(-c4ccccc4)ccc32)cc1. The molecule has 0 saturated heterocycles. The van der Waals surface area contributed by atoms with E-state index in [1.807, 2.05) is 54.7 Å². The molecule has 0 saturated carbocycles. The number of methoxy groups -OCH3 is 2. The van der Waals surface area contributed by atoms with Crippen LogP contribution in [-0.2, 0) is 5.41 Å². The smallest absolute Gasteiger partial charge is 0.118 e. The lowest BCUT2D eigenvalue weighted by Gasteiger charge is -2.33. The Morgan fingerprint density at radius 3 is 1.77 bits per heavy atom. The summed E-state index contributed by atoms with van der Waals surface area (Å²) in [4.78, 5) is 10.0. The molecule has 170 valence electrons. The van der Waals surface area contributed by atoms with Crippen LogP contribution in [0.2, 0.25) is 0 Å². The van der Waals surface area contributed by atoms with Crippen LogP contribution in [0.1, 0.15) is 22.3 Å². The van der Waals surface area contributed by atoms with Crippen molar-refractivity contribution >= 4 is 0 Å². The van der Waals surface area contributed by atoms with Gasteiger partial charge in [0.15, 0.2) is 0 Å². The molecular formula is C31H24N2O2. The molecule has 1 aliphatic rings. The lowest BCUT2D eigenvalue weighted by Crippen LogP contribution is -2.28. The maximum Gasteiger partial charge on any atom is 0.118 e. The molecule has 0 radical (unpaired) electrons. The number of pyridine rings is 2. The van der Waals surface area contributed by atoms with Crippen molar-refractivity contribution in [2.45, 2.75) is 5.41 Å². The van der Waals surface area contributed by atoms with Crippen LogP contribution in [0.15, 0.2) is 109 Å². The topological polar surface area (TPSA) is 44.2 Å². The minimum atomic E-state index is -0.570. The summed E-state index contributed by atoms with van der Waals surface area (Å²) < 4.78 is 10.9. The van der Waals surface area contributed by atoms with E-state index >= 15 is 0 Å². The highest BCUT2D eigenvalue weighted by Crippen LogP contribution is 2.55. The summed E-state index contributed by atoms with van der Waals surface area (Å²) >= 11 is 0. The summed E-state index contributed by atoms with van der Waals surface area (Å²) in [5.74, 6) is 1.64. The second-order valence-corrected chi connectivity index (χ2v) is 8.57. The maximum atomic E-state index is 5.46. The monoisotopic (exact) mass is 456 g/mol. The van der Waals surface area contributed by atoms with Gasteiger partial charge in [-0.2, -0.15) is 0 Å². The van der Waals surface area contributed by atoms with Crippen molar-refractivity contribution < 1.29 is 9.47 Å². The molecule has 0 aliphatic heterocycles. The molecule has 0 amide bonds. The predicted octanol–water partition coefficient (Wildman–Crippen LogP) is 6.52. The molecule has 6 rings (SSSR count). The third-order valence-electron chi connectivity index (χ3n) is 6.85. The molecule has 0 bridgehead atoms. The second-order valence-electron chi connectivity index (χ2n) is 8.57. The Labute approximate surface area is 204 Å². The number of rotatable bonds is 5. The fourth-order valence-electron chi connectivity index (χ4n) is 5.22. The van der Waals surface area contributed by atoms with Crippen LogP contribution >= 0.6 is 0 Å². The average Bonchev–Trinajstić information content (AvgIpc) is 3.24. The second kappa shape index (κ2) is 8.41. The maximum absolute atomic E-state index is 5.46. The number of aromatic nitrogens is 2. The van der Waals surface area contributed by atoms with Crippen molar-refractivity contribution in [3.05, 3.63) is 132 Å². The number of nitrogens with zero attached hydrogens (tertiary/aromatic N) is 2. The van der Waals surface area contributed by atoms with Crippen molar-refractivity contribution in [3.63, 3.8) is 0 Å².